The Kier molecular flexibility index (Phi) is 4.52. The van der Waals surface area contributed by atoms with E-state index in [1.54, 1.807) is 11.0 Å². The number of nitrogens with zero attached hydrogens (tertiary/aromatic N) is 2. The van der Waals surface area contributed by atoms with Crippen molar-refractivity contribution in [1.29, 1.82) is 0 Å². The molecule has 1 amide bonds. The number of benzene rings is 1. The predicted molar refractivity (Wildman–Crippen MR) is 81.6 cm³/mol. The van der Waals surface area contributed by atoms with Crippen LogP contribution in [0.3, 0.4) is 0 Å². The van der Waals surface area contributed by atoms with Gasteiger partial charge in [-0.05, 0) is 30.7 Å². The molecular weight excluding hydrogens is 292 g/mol. The van der Waals surface area contributed by atoms with Gasteiger partial charge in [0.25, 0.3) is 11.6 Å². The lowest BCUT2D eigenvalue weighted by Crippen LogP contribution is -2.32. The van der Waals surface area contributed by atoms with Crippen molar-refractivity contribution in [3.05, 3.63) is 38.9 Å². The van der Waals surface area contributed by atoms with E-state index in [9.17, 15) is 14.9 Å². The average Bonchev–Trinajstić information content (AvgIpc) is 2.91. The summed E-state index contributed by atoms with van der Waals surface area (Å²) in [5, 5.41) is 10.8. The topological polar surface area (TPSA) is 63.5 Å². The summed E-state index contributed by atoms with van der Waals surface area (Å²) in [5.74, 6) is -0.215. The first-order valence-electron chi connectivity index (χ1n) is 7.16. The molecule has 0 atom stereocenters. The number of amides is 1. The Hall–Kier alpha value is -1.62. The van der Waals surface area contributed by atoms with Crippen molar-refractivity contribution >= 4 is 23.2 Å². The SMILES string of the molecule is CCC1(CC)CCN(C(=O)c2cccc([N+](=O)[O-])c2Cl)C1. The highest BCUT2D eigenvalue weighted by Gasteiger charge is 2.38. The molecule has 0 radical (unpaired) electrons. The predicted octanol–water partition coefficient (Wildman–Crippen LogP) is 3.90. The Morgan fingerprint density at radius 2 is 2.10 bits per heavy atom. The fourth-order valence-corrected chi connectivity index (χ4v) is 3.21. The number of carbonyl (C=O) groups is 1. The summed E-state index contributed by atoms with van der Waals surface area (Å²) in [6, 6.07) is 4.36. The van der Waals surface area contributed by atoms with Crippen LogP contribution in [-0.2, 0) is 0 Å². The highest BCUT2D eigenvalue weighted by Crippen LogP contribution is 2.38. The molecule has 1 heterocycles. The first-order valence-corrected chi connectivity index (χ1v) is 7.54. The molecule has 1 aromatic rings. The number of halogens is 1. The van der Waals surface area contributed by atoms with Crippen molar-refractivity contribution in [2.24, 2.45) is 5.41 Å². The Balaban J connectivity index is 2.26. The third-order valence-electron chi connectivity index (χ3n) is 4.63. The summed E-state index contributed by atoms with van der Waals surface area (Å²) in [6.07, 6.45) is 3.02. The van der Waals surface area contributed by atoms with Gasteiger partial charge in [-0.25, -0.2) is 0 Å². The minimum absolute atomic E-state index is 0.0713. The van der Waals surface area contributed by atoms with Gasteiger partial charge in [0.05, 0.1) is 10.5 Å². The minimum Gasteiger partial charge on any atom is -0.338 e. The number of hydrogen-bond acceptors (Lipinski definition) is 3. The lowest BCUT2D eigenvalue weighted by Gasteiger charge is -2.26. The molecule has 0 bridgehead atoms. The lowest BCUT2D eigenvalue weighted by atomic mass is 9.82. The zero-order valence-corrected chi connectivity index (χ0v) is 13.0. The second-order valence-corrected chi connectivity index (χ2v) is 5.96. The molecule has 0 unspecified atom stereocenters. The van der Waals surface area contributed by atoms with Gasteiger partial charge < -0.3 is 4.90 Å². The molecule has 1 saturated heterocycles. The normalized spacial score (nSPS) is 17.0. The minimum atomic E-state index is -0.564. The molecular formula is C15H19ClN2O3. The third kappa shape index (κ3) is 2.88. The first kappa shape index (κ1) is 15.8. The van der Waals surface area contributed by atoms with Crippen LogP contribution in [0.25, 0.3) is 0 Å². The van der Waals surface area contributed by atoms with E-state index >= 15 is 0 Å². The van der Waals surface area contributed by atoms with Gasteiger partial charge >= 0.3 is 0 Å². The van der Waals surface area contributed by atoms with E-state index in [1.165, 1.54) is 12.1 Å². The van der Waals surface area contributed by atoms with Crippen LogP contribution in [0, 0.1) is 15.5 Å². The van der Waals surface area contributed by atoms with Crippen molar-refractivity contribution in [3.63, 3.8) is 0 Å². The summed E-state index contributed by atoms with van der Waals surface area (Å²) >= 11 is 6.03. The second kappa shape index (κ2) is 6.02. The number of nitro benzene ring substituents is 1. The molecule has 21 heavy (non-hydrogen) atoms. The van der Waals surface area contributed by atoms with E-state index in [-0.39, 0.29) is 27.6 Å². The van der Waals surface area contributed by atoms with Crippen LogP contribution in [0.15, 0.2) is 18.2 Å². The maximum atomic E-state index is 12.6. The molecule has 1 aromatic carbocycles. The summed E-state index contributed by atoms with van der Waals surface area (Å²) < 4.78 is 0. The largest absolute Gasteiger partial charge is 0.338 e. The Morgan fingerprint density at radius 1 is 1.43 bits per heavy atom. The van der Waals surface area contributed by atoms with E-state index < -0.39 is 4.92 Å². The van der Waals surface area contributed by atoms with Gasteiger partial charge in [-0.15, -0.1) is 0 Å². The number of hydrogen-bond donors (Lipinski definition) is 0. The molecule has 0 saturated carbocycles. The molecule has 114 valence electrons. The molecule has 0 spiro atoms. The van der Waals surface area contributed by atoms with Crippen LogP contribution in [0.2, 0.25) is 5.02 Å². The van der Waals surface area contributed by atoms with Crippen molar-refractivity contribution in [2.75, 3.05) is 13.1 Å². The van der Waals surface area contributed by atoms with Gasteiger partial charge in [-0.2, -0.15) is 0 Å². The molecule has 6 heteroatoms. The maximum absolute atomic E-state index is 12.6. The van der Waals surface area contributed by atoms with E-state index in [1.807, 2.05) is 0 Å². The fourth-order valence-electron chi connectivity index (χ4n) is 2.93. The summed E-state index contributed by atoms with van der Waals surface area (Å²) in [4.78, 5) is 24.7. The zero-order chi connectivity index (χ0) is 15.6. The monoisotopic (exact) mass is 310 g/mol. The summed E-state index contributed by atoms with van der Waals surface area (Å²) in [6.45, 7) is 5.65. The van der Waals surface area contributed by atoms with Gasteiger partial charge in [0.15, 0.2) is 0 Å². The zero-order valence-electron chi connectivity index (χ0n) is 12.3. The van der Waals surface area contributed by atoms with Crippen LogP contribution in [0.1, 0.15) is 43.5 Å². The van der Waals surface area contributed by atoms with Gasteiger partial charge in [-0.3, -0.25) is 14.9 Å². The molecule has 0 N–H and O–H groups in total. The Morgan fingerprint density at radius 3 is 2.62 bits per heavy atom. The number of rotatable bonds is 4. The lowest BCUT2D eigenvalue weighted by molar-refractivity contribution is -0.384. The van der Waals surface area contributed by atoms with Gasteiger partial charge in [-0.1, -0.05) is 31.5 Å². The van der Waals surface area contributed by atoms with Crippen molar-refractivity contribution in [1.82, 2.24) is 4.90 Å². The standard InChI is InChI=1S/C15H19ClN2O3/c1-3-15(4-2)8-9-17(10-15)14(19)11-6-5-7-12(13(11)16)18(20)21/h5-7H,3-4,8-10H2,1-2H3. The third-order valence-corrected chi connectivity index (χ3v) is 5.03. The second-order valence-electron chi connectivity index (χ2n) is 5.58. The van der Waals surface area contributed by atoms with Crippen LogP contribution in [0.4, 0.5) is 5.69 Å². The Bertz CT molecular complexity index is 570. The van der Waals surface area contributed by atoms with Gasteiger partial charge in [0.2, 0.25) is 0 Å². The van der Waals surface area contributed by atoms with Gasteiger partial charge in [0.1, 0.15) is 5.02 Å². The number of nitro groups is 1. The van der Waals surface area contributed by atoms with Crippen molar-refractivity contribution < 1.29 is 9.72 Å². The fraction of sp³-hybridized carbons (Fsp3) is 0.533. The summed E-state index contributed by atoms with van der Waals surface area (Å²) in [7, 11) is 0. The number of likely N-dealkylation sites (tertiary alicyclic amines) is 1. The average molecular weight is 311 g/mol. The molecule has 1 aliphatic heterocycles. The molecule has 1 aliphatic rings. The van der Waals surface area contributed by atoms with E-state index in [0.717, 1.165) is 19.3 Å². The van der Waals surface area contributed by atoms with E-state index in [2.05, 4.69) is 13.8 Å². The molecule has 1 fully saturated rings. The van der Waals surface area contributed by atoms with E-state index in [4.69, 9.17) is 11.6 Å². The van der Waals surface area contributed by atoms with Crippen LogP contribution < -0.4 is 0 Å². The van der Waals surface area contributed by atoms with E-state index in [0.29, 0.717) is 13.1 Å². The highest BCUT2D eigenvalue weighted by molar-refractivity contribution is 6.35. The van der Waals surface area contributed by atoms with Gasteiger partial charge in [0, 0.05) is 19.2 Å². The molecule has 2 rings (SSSR count). The summed E-state index contributed by atoms with van der Waals surface area (Å²) in [5.41, 5.74) is 0.163. The molecule has 0 aromatic heterocycles. The first-order chi connectivity index (χ1) is 9.94. The van der Waals surface area contributed by atoms with Crippen molar-refractivity contribution in [3.8, 4) is 0 Å². The molecule has 5 nitrogen and oxygen atoms in total. The van der Waals surface area contributed by atoms with Crippen LogP contribution in [-0.4, -0.2) is 28.8 Å². The van der Waals surface area contributed by atoms with Crippen LogP contribution in [0.5, 0.6) is 0 Å². The molecule has 0 aliphatic carbocycles. The quantitative estimate of drug-likeness (QED) is 0.626. The highest BCUT2D eigenvalue weighted by atomic mass is 35.5. The smallest absolute Gasteiger partial charge is 0.288 e. The number of carbonyl (C=O) groups excluding carboxylic acids is 1. The maximum Gasteiger partial charge on any atom is 0.288 e. The Labute approximate surface area is 129 Å². The van der Waals surface area contributed by atoms with Crippen molar-refractivity contribution in [2.45, 2.75) is 33.1 Å². The van der Waals surface area contributed by atoms with Crippen LogP contribution >= 0.6 is 11.6 Å².